The first kappa shape index (κ1) is 15.0. The maximum absolute atomic E-state index is 11.6. The van der Waals surface area contributed by atoms with E-state index in [4.69, 9.17) is 0 Å². The van der Waals surface area contributed by atoms with Crippen LogP contribution < -0.4 is 0 Å². The highest BCUT2D eigenvalue weighted by Gasteiger charge is 2.31. The fourth-order valence-electron chi connectivity index (χ4n) is 3.76. The molecule has 5 nitrogen and oxygen atoms in total. The van der Waals surface area contributed by atoms with Gasteiger partial charge < -0.3 is 9.47 Å². The summed E-state index contributed by atoms with van der Waals surface area (Å²) in [6.07, 6.45) is 8.17. The van der Waals surface area contributed by atoms with Gasteiger partial charge in [0.05, 0.1) is 11.5 Å². The molecule has 1 aromatic rings. The molecule has 0 spiro atoms. The molecule has 0 saturated carbocycles. The highest BCUT2D eigenvalue weighted by Crippen LogP contribution is 2.26. The molecule has 0 aliphatic carbocycles. The Kier molecular flexibility index (Phi) is 4.36. The summed E-state index contributed by atoms with van der Waals surface area (Å²) in [5.41, 5.74) is 0. The molecule has 1 aromatic heterocycles. The zero-order valence-corrected chi connectivity index (χ0v) is 13.6. The van der Waals surface area contributed by atoms with Crippen LogP contribution in [0.1, 0.15) is 38.1 Å². The minimum atomic E-state index is -2.76. The number of sulfone groups is 1. The maximum Gasteiger partial charge on any atom is 0.150 e. The Bertz CT molecular complexity index is 581. The van der Waals surface area contributed by atoms with Crippen LogP contribution in [-0.4, -0.2) is 54.0 Å². The molecule has 118 valence electrons. The smallest absolute Gasteiger partial charge is 0.150 e. The maximum atomic E-state index is 11.6. The molecule has 2 aliphatic heterocycles. The van der Waals surface area contributed by atoms with Gasteiger partial charge in [0, 0.05) is 37.9 Å². The van der Waals surface area contributed by atoms with E-state index in [1.54, 1.807) is 0 Å². The molecule has 0 aromatic carbocycles. The summed E-state index contributed by atoms with van der Waals surface area (Å²) in [7, 11) is -2.76. The Morgan fingerprint density at radius 3 is 2.95 bits per heavy atom. The topological polar surface area (TPSA) is 55.2 Å². The molecule has 6 heteroatoms. The van der Waals surface area contributed by atoms with Crippen molar-refractivity contribution < 1.29 is 8.42 Å². The van der Waals surface area contributed by atoms with Crippen molar-refractivity contribution in [3.8, 4) is 0 Å². The van der Waals surface area contributed by atoms with Gasteiger partial charge in [-0.15, -0.1) is 0 Å². The quantitative estimate of drug-likeness (QED) is 0.846. The van der Waals surface area contributed by atoms with Gasteiger partial charge in [-0.25, -0.2) is 13.4 Å². The van der Waals surface area contributed by atoms with E-state index in [2.05, 4.69) is 27.6 Å². The van der Waals surface area contributed by atoms with Crippen LogP contribution in [0.4, 0.5) is 0 Å². The van der Waals surface area contributed by atoms with Crippen molar-refractivity contribution in [2.24, 2.45) is 5.92 Å². The molecule has 21 heavy (non-hydrogen) atoms. The summed E-state index contributed by atoms with van der Waals surface area (Å²) < 4.78 is 25.5. The molecule has 2 aliphatic rings. The van der Waals surface area contributed by atoms with Crippen molar-refractivity contribution >= 4 is 9.84 Å². The lowest BCUT2D eigenvalue weighted by atomic mass is 10.0. The summed E-state index contributed by atoms with van der Waals surface area (Å²) >= 11 is 0. The number of aryl methyl sites for hydroxylation is 1. The average molecular weight is 311 g/mol. The number of aromatic nitrogens is 2. The Morgan fingerprint density at radius 2 is 2.24 bits per heavy atom. The Labute approximate surface area is 127 Å². The van der Waals surface area contributed by atoms with Crippen molar-refractivity contribution in [1.29, 1.82) is 0 Å². The fourth-order valence-corrected chi connectivity index (χ4v) is 5.60. The molecule has 0 N–H and O–H groups in total. The van der Waals surface area contributed by atoms with E-state index in [1.165, 1.54) is 12.8 Å². The molecule has 0 bridgehead atoms. The summed E-state index contributed by atoms with van der Waals surface area (Å²) in [5, 5.41) is 0. The number of hydrogen-bond donors (Lipinski definition) is 0. The van der Waals surface area contributed by atoms with Gasteiger partial charge in [-0.2, -0.15) is 0 Å². The predicted molar refractivity (Wildman–Crippen MR) is 83.1 cm³/mol. The molecule has 0 amide bonds. The number of rotatable bonds is 4. The van der Waals surface area contributed by atoms with Crippen LogP contribution in [0, 0.1) is 5.92 Å². The molecular formula is C15H25N3O2S. The third-order valence-electron chi connectivity index (χ3n) is 4.78. The van der Waals surface area contributed by atoms with E-state index in [-0.39, 0.29) is 0 Å². The van der Waals surface area contributed by atoms with Gasteiger partial charge >= 0.3 is 0 Å². The van der Waals surface area contributed by atoms with Crippen LogP contribution in [0.25, 0.3) is 0 Å². The van der Waals surface area contributed by atoms with E-state index in [9.17, 15) is 8.42 Å². The van der Waals surface area contributed by atoms with Crippen LogP contribution in [0.3, 0.4) is 0 Å². The molecule has 2 saturated heterocycles. The second kappa shape index (κ2) is 6.08. The van der Waals surface area contributed by atoms with Crippen molar-refractivity contribution in [2.45, 2.75) is 38.6 Å². The van der Waals surface area contributed by atoms with Gasteiger partial charge in [-0.05, 0) is 31.7 Å². The second-order valence-electron chi connectivity index (χ2n) is 6.43. The Balaban J connectivity index is 1.61. The van der Waals surface area contributed by atoms with Crippen molar-refractivity contribution in [3.05, 3.63) is 18.2 Å². The monoisotopic (exact) mass is 311 g/mol. The minimum absolute atomic E-state index is 0.335. The number of piperidine rings is 1. The third kappa shape index (κ3) is 3.48. The first-order chi connectivity index (χ1) is 10.1. The normalized spacial score (nSPS) is 29.8. The average Bonchev–Trinajstić information content (AvgIpc) is 3.05. The van der Waals surface area contributed by atoms with Crippen molar-refractivity contribution in [1.82, 2.24) is 14.5 Å². The van der Waals surface area contributed by atoms with Crippen LogP contribution in [-0.2, 0) is 16.3 Å². The highest BCUT2D eigenvalue weighted by molar-refractivity contribution is 7.91. The van der Waals surface area contributed by atoms with Crippen molar-refractivity contribution in [3.63, 3.8) is 0 Å². The number of likely N-dealkylation sites (tertiary alicyclic amines) is 1. The standard InChI is InChI=1S/C15H25N3O2S/c1-2-15-16-6-8-18(15)14-4-3-7-17(11-14)10-13-5-9-21(19,20)12-13/h6,8,13-14H,2-5,7,9-12H2,1H3/t13-,14-/m0/s1. The fraction of sp³-hybridized carbons (Fsp3) is 0.800. The van der Waals surface area contributed by atoms with E-state index < -0.39 is 9.84 Å². The van der Waals surface area contributed by atoms with Crippen LogP contribution in [0.5, 0.6) is 0 Å². The first-order valence-electron chi connectivity index (χ1n) is 8.02. The van der Waals surface area contributed by atoms with Gasteiger partial charge in [0.1, 0.15) is 5.82 Å². The zero-order valence-electron chi connectivity index (χ0n) is 12.7. The van der Waals surface area contributed by atoms with Gasteiger partial charge in [-0.3, -0.25) is 0 Å². The summed E-state index contributed by atoms with van der Waals surface area (Å²) in [4.78, 5) is 6.88. The van der Waals surface area contributed by atoms with Gasteiger partial charge in [0.2, 0.25) is 0 Å². The van der Waals surface area contributed by atoms with E-state index in [0.29, 0.717) is 23.5 Å². The molecular weight excluding hydrogens is 286 g/mol. The largest absolute Gasteiger partial charge is 0.331 e. The van der Waals surface area contributed by atoms with E-state index >= 15 is 0 Å². The summed E-state index contributed by atoms with van der Waals surface area (Å²) in [5.74, 6) is 2.27. The number of nitrogens with zero attached hydrogens (tertiary/aromatic N) is 3. The lowest BCUT2D eigenvalue weighted by molar-refractivity contribution is 0.157. The Hall–Kier alpha value is -0.880. The SMILES string of the molecule is CCc1nccn1[C@H]1CCCN(C[C@@H]2CCS(=O)(=O)C2)C1. The summed E-state index contributed by atoms with van der Waals surface area (Å²) in [6.45, 7) is 5.21. The minimum Gasteiger partial charge on any atom is -0.331 e. The van der Waals surface area contributed by atoms with Gasteiger partial charge in [0.15, 0.2) is 9.84 Å². The zero-order chi connectivity index (χ0) is 14.9. The highest BCUT2D eigenvalue weighted by atomic mass is 32.2. The van der Waals surface area contributed by atoms with Crippen LogP contribution in [0.15, 0.2) is 12.4 Å². The second-order valence-corrected chi connectivity index (χ2v) is 8.66. The first-order valence-corrected chi connectivity index (χ1v) is 9.84. The van der Waals surface area contributed by atoms with E-state index in [0.717, 1.165) is 38.3 Å². The lowest BCUT2D eigenvalue weighted by Crippen LogP contribution is -2.39. The van der Waals surface area contributed by atoms with Gasteiger partial charge in [0.25, 0.3) is 0 Å². The molecule has 3 rings (SSSR count). The molecule has 2 fully saturated rings. The lowest BCUT2D eigenvalue weighted by Gasteiger charge is -2.35. The molecule has 2 atom stereocenters. The van der Waals surface area contributed by atoms with Crippen molar-refractivity contribution in [2.75, 3.05) is 31.1 Å². The predicted octanol–water partition coefficient (Wildman–Crippen LogP) is 1.52. The van der Waals surface area contributed by atoms with Gasteiger partial charge in [-0.1, -0.05) is 6.92 Å². The van der Waals surface area contributed by atoms with Crippen LogP contribution in [0.2, 0.25) is 0 Å². The third-order valence-corrected chi connectivity index (χ3v) is 6.62. The molecule has 0 unspecified atom stereocenters. The number of imidazole rings is 1. The molecule has 0 radical (unpaired) electrons. The van der Waals surface area contributed by atoms with E-state index in [1.807, 2.05) is 6.20 Å². The summed E-state index contributed by atoms with van der Waals surface area (Å²) in [6, 6.07) is 0.495. The van der Waals surface area contributed by atoms with Crippen LogP contribution >= 0.6 is 0 Å². The molecule has 3 heterocycles. The Morgan fingerprint density at radius 1 is 1.38 bits per heavy atom. The number of hydrogen-bond acceptors (Lipinski definition) is 4.